The summed E-state index contributed by atoms with van der Waals surface area (Å²) in [5.74, 6) is -0.0560. The molecule has 0 saturated carbocycles. The molecule has 106 valence electrons. The maximum atomic E-state index is 12.4. The molecule has 0 bridgehead atoms. The van der Waals surface area contributed by atoms with Crippen molar-refractivity contribution in [2.75, 3.05) is 5.32 Å². The lowest BCUT2D eigenvalue weighted by molar-refractivity contribution is 0.102. The van der Waals surface area contributed by atoms with Gasteiger partial charge in [-0.1, -0.05) is 15.9 Å². The monoisotopic (exact) mass is 334 g/mol. The van der Waals surface area contributed by atoms with Crippen molar-refractivity contribution in [3.8, 4) is 0 Å². The fourth-order valence-corrected chi connectivity index (χ4v) is 2.69. The van der Waals surface area contributed by atoms with E-state index in [0.717, 1.165) is 39.2 Å². The number of benzene rings is 1. The molecule has 2 aromatic rings. The van der Waals surface area contributed by atoms with Crippen LogP contribution in [0.5, 0.6) is 0 Å². The molecular formula is C16H19BrN2O. The lowest BCUT2D eigenvalue weighted by Crippen LogP contribution is -2.13. The van der Waals surface area contributed by atoms with Crippen molar-refractivity contribution in [3.05, 3.63) is 51.3 Å². The van der Waals surface area contributed by atoms with Crippen LogP contribution in [-0.2, 0) is 6.54 Å². The van der Waals surface area contributed by atoms with Crippen molar-refractivity contribution in [2.24, 2.45) is 0 Å². The Labute approximate surface area is 128 Å². The minimum atomic E-state index is -0.0560. The standard InChI is InChI=1S/C16H19BrN2O/c1-5-19-11(3)9-14(12(19)4)16(20)18-13-6-7-15(17)10(2)8-13/h6-9H,5H2,1-4H3,(H,18,20). The van der Waals surface area contributed by atoms with Crippen molar-refractivity contribution in [2.45, 2.75) is 34.2 Å². The van der Waals surface area contributed by atoms with Crippen LogP contribution in [0.15, 0.2) is 28.7 Å². The van der Waals surface area contributed by atoms with Crippen LogP contribution in [0.2, 0.25) is 0 Å². The van der Waals surface area contributed by atoms with E-state index in [9.17, 15) is 4.79 Å². The minimum absolute atomic E-state index is 0.0560. The molecule has 2 rings (SSSR count). The van der Waals surface area contributed by atoms with Gasteiger partial charge in [-0.3, -0.25) is 4.79 Å². The van der Waals surface area contributed by atoms with Gasteiger partial charge in [0.2, 0.25) is 0 Å². The van der Waals surface area contributed by atoms with E-state index >= 15 is 0 Å². The van der Waals surface area contributed by atoms with Crippen LogP contribution in [0.4, 0.5) is 5.69 Å². The fourth-order valence-electron chi connectivity index (χ4n) is 2.44. The molecule has 0 saturated heterocycles. The molecule has 0 unspecified atom stereocenters. The summed E-state index contributed by atoms with van der Waals surface area (Å²) in [7, 11) is 0. The highest BCUT2D eigenvalue weighted by Gasteiger charge is 2.15. The zero-order valence-corrected chi connectivity index (χ0v) is 13.8. The van der Waals surface area contributed by atoms with E-state index in [1.807, 2.05) is 45.0 Å². The maximum absolute atomic E-state index is 12.4. The van der Waals surface area contributed by atoms with Crippen molar-refractivity contribution in [1.82, 2.24) is 4.57 Å². The van der Waals surface area contributed by atoms with Gasteiger partial charge in [-0.15, -0.1) is 0 Å². The molecular weight excluding hydrogens is 316 g/mol. The van der Waals surface area contributed by atoms with Crippen molar-refractivity contribution in [1.29, 1.82) is 0 Å². The van der Waals surface area contributed by atoms with E-state index in [1.54, 1.807) is 0 Å². The average Bonchev–Trinajstić information content (AvgIpc) is 2.69. The highest BCUT2D eigenvalue weighted by molar-refractivity contribution is 9.10. The molecule has 3 nitrogen and oxygen atoms in total. The van der Waals surface area contributed by atoms with Crippen molar-refractivity contribution >= 4 is 27.5 Å². The number of nitrogens with zero attached hydrogens (tertiary/aromatic N) is 1. The second kappa shape index (κ2) is 5.83. The topological polar surface area (TPSA) is 34.0 Å². The molecule has 0 aliphatic heterocycles. The molecule has 0 fully saturated rings. The predicted octanol–water partition coefficient (Wildman–Crippen LogP) is 4.45. The van der Waals surface area contributed by atoms with Crippen molar-refractivity contribution in [3.63, 3.8) is 0 Å². The number of carbonyl (C=O) groups is 1. The van der Waals surface area contributed by atoms with Gasteiger partial charge in [-0.2, -0.15) is 0 Å². The van der Waals surface area contributed by atoms with Gasteiger partial charge in [0.1, 0.15) is 0 Å². The molecule has 0 atom stereocenters. The first-order valence-corrected chi connectivity index (χ1v) is 7.47. The summed E-state index contributed by atoms with van der Waals surface area (Å²) in [6.07, 6.45) is 0. The maximum Gasteiger partial charge on any atom is 0.257 e. The van der Waals surface area contributed by atoms with Gasteiger partial charge in [-0.05, 0) is 57.5 Å². The van der Waals surface area contributed by atoms with Crippen LogP contribution < -0.4 is 5.32 Å². The third-order valence-corrected chi connectivity index (χ3v) is 4.44. The van der Waals surface area contributed by atoms with Gasteiger partial charge >= 0.3 is 0 Å². The van der Waals surface area contributed by atoms with Crippen LogP contribution in [-0.4, -0.2) is 10.5 Å². The molecule has 0 radical (unpaired) electrons. The zero-order valence-electron chi connectivity index (χ0n) is 12.2. The molecule has 1 aromatic carbocycles. The van der Waals surface area contributed by atoms with E-state index in [2.05, 4.69) is 32.7 Å². The number of rotatable bonds is 3. The summed E-state index contributed by atoms with van der Waals surface area (Å²) in [6, 6.07) is 7.75. The number of carbonyl (C=O) groups excluding carboxylic acids is 1. The minimum Gasteiger partial charge on any atom is -0.349 e. The van der Waals surface area contributed by atoms with Crippen LogP contribution in [0, 0.1) is 20.8 Å². The van der Waals surface area contributed by atoms with Gasteiger partial charge in [0.25, 0.3) is 5.91 Å². The smallest absolute Gasteiger partial charge is 0.257 e. The first-order chi connectivity index (χ1) is 9.43. The molecule has 1 N–H and O–H groups in total. The Kier molecular flexibility index (Phi) is 4.33. The molecule has 0 spiro atoms. The number of hydrogen-bond acceptors (Lipinski definition) is 1. The molecule has 1 amide bonds. The van der Waals surface area contributed by atoms with Gasteiger partial charge in [0, 0.05) is 28.1 Å². The Balaban J connectivity index is 2.26. The molecule has 0 aliphatic carbocycles. The van der Waals surface area contributed by atoms with Crippen molar-refractivity contribution < 1.29 is 4.79 Å². The third kappa shape index (κ3) is 2.80. The van der Waals surface area contributed by atoms with E-state index in [1.165, 1.54) is 0 Å². The number of halogens is 1. The number of amides is 1. The zero-order chi connectivity index (χ0) is 14.9. The lowest BCUT2D eigenvalue weighted by Gasteiger charge is -2.08. The van der Waals surface area contributed by atoms with E-state index in [4.69, 9.17) is 0 Å². The summed E-state index contributed by atoms with van der Waals surface area (Å²) < 4.78 is 3.18. The Bertz CT molecular complexity index is 659. The molecule has 1 aromatic heterocycles. The van der Waals surface area contributed by atoms with E-state index in [-0.39, 0.29) is 5.91 Å². The number of anilines is 1. The van der Waals surface area contributed by atoms with Crippen LogP contribution in [0.25, 0.3) is 0 Å². The summed E-state index contributed by atoms with van der Waals surface area (Å²) in [4.78, 5) is 12.4. The number of aryl methyl sites for hydroxylation is 2. The summed E-state index contributed by atoms with van der Waals surface area (Å²) >= 11 is 3.46. The fraction of sp³-hybridized carbons (Fsp3) is 0.312. The highest BCUT2D eigenvalue weighted by atomic mass is 79.9. The number of nitrogens with one attached hydrogen (secondary N) is 1. The Morgan fingerprint density at radius 2 is 1.95 bits per heavy atom. The SMILES string of the molecule is CCn1c(C)cc(C(=O)Nc2ccc(Br)c(C)c2)c1C. The quantitative estimate of drug-likeness (QED) is 0.883. The molecule has 4 heteroatoms. The van der Waals surface area contributed by atoms with Crippen LogP contribution >= 0.6 is 15.9 Å². The Morgan fingerprint density at radius 1 is 1.25 bits per heavy atom. The van der Waals surface area contributed by atoms with Gasteiger partial charge in [-0.25, -0.2) is 0 Å². The summed E-state index contributed by atoms with van der Waals surface area (Å²) in [6.45, 7) is 8.97. The molecule has 1 heterocycles. The first-order valence-electron chi connectivity index (χ1n) is 6.68. The summed E-state index contributed by atoms with van der Waals surface area (Å²) in [5, 5.41) is 2.96. The lowest BCUT2D eigenvalue weighted by atomic mass is 10.2. The number of aromatic nitrogens is 1. The van der Waals surface area contributed by atoms with E-state index < -0.39 is 0 Å². The normalized spacial score (nSPS) is 10.7. The van der Waals surface area contributed by atoms with E-state index in [0.29, 0.717) is 0 Å². The number of hydrogen-bond donors (Lipinski definition) is 1. The Morgan fingerprint density at radius 3 is 2.50 bits per heavy atom. The highest BCUT2D eigenvalue weighted by Crippen LogP contribution is 2.21. The third-order valence-electron chi connectivity index (χ3n) is 3.55. The molecule has 0 aliphatic rings. The first kappa shape index (κ1) is 14.9. The van der Waals surface area contributed by atoms with Gasteiger partial charge in [0.05, 0.1) is 5.56 Å². The van der Waals surface area contributed by atoms with Crippen LogP contribution in [0.3, 0.4) is 0 Å². The van der Waals surface area contributed by atoms with Gasteiger partial charge < -0.3 is 9.88 Å². The second-order valence-corrected chi connectivity index (χ2v) is 5.80. The van der Waals surface area contributed by atoms with Gasteiger partial charge in [0.15, 0.2) is 0 Å². The Hall–Kier alpha value is -1.55. The summed E-state index contributed by atoms with van der Waals surface area (Å²) in [5.41, 5.74) is 4.78. The average molecular weight is 335 g/mol. The predicted molar refractivity (Wildman–Crippen MR) is 86.4 cm³/mol. The van der Waals surface area contributed by atoms with Crippen LogP contribution in [0.1, 0.15) is 34.2 Å². The second-order valence-electron chi connectivity index (χ2n) is 4.95. The molecule has 20 heavy (non-hydrogen) atoms. The largest absolute Gasteiger partial charge is 0.349 e.